The summed E-state index contributed by atoms with van der Waals surface area (Å²) >= 11 is 0. The molecule has 1 aliphatic heterocycles. The maximum atomic E-state index is 5.72. The molecule has 3 heterocycles. The summed E-state index contributed by atoms with van der Waals surface area (Å²) in [7, 11) is 2.15. The van der Waals surface area contributed by atoms with Gasteiger partial charge in [-0.3, -0.25) is 0 Å². The van der Waals surface area contributed by atoms with Crippen LogP contribution in [0.4, 0.5) is 11.9 Å². The van der Waals surface area contributed by atoms with Gasteiger partial charge in [0.15, 0.2) is 0 Å². The van der Waals surface area contributed by atoms with E-state index in [0.717, 1.165) is 13.1 Å². The van der Waals surface area contributed by atoms with Crippen LogP contribution in [-0.2, 0) is 0 Å². The number of piperidine rings is 1. The molecule has 3 rings (SSSR count). The average Bonchev–Trinajstić information content (AvgIpc) is 2.99. The molecule has 0 bridgehead atoms. The number of nitrogen functional groups attached to an aromatic ring is 1. The van der Waals surface area contributed by atoms with Crippen molar-refractivity contribution in [2.45, 2.75) is 12.8 Å². The van der Waals surface area contributed by atoms with Crippen LogP contribution >= 0.6 is 0 Å². The van der Waals surface area contributed by atoms with Crippen LogP contribution in [0, 0.1) is 5.92 Å². The monoisotopic (exact) mass is 289 g/mol. The fourth-order valence-electron chi connectivity index (χ4n) is 2.55. The van der Waals surface area contributed by atoms with E-state index in [0.29, 0.717) is 17.8 Å². The molecule has 1 unspecified atom stereocenters. The van der Waals surface area contributed by atoms with Crippen LogP contribution in [0.3, 0.4) is 0 Å². The van der Waals surface area contributed by atoms with Crippen molar-refractivity contribution in [3.63, 3.8) is 0 Å². The highest BCUT2D eigenvalue weighted by molar-refractivity contribution is 5.34. The van der Waals surface area contributed by atoms with Crippen LogP contribution < -0.4 is 11.1 Å². The number of nitrogens with two attached hydrogens (primary N) is 1. The van der Waals surface area contributed by atoms with E-state index in [4.69, 9.17) is 5.73 Å². The lowest BCUT2D eigenvalue weighted by atomic mass is 9.99. The van der Waals surface area contributed by atoms with Crippen LogP contribution in [0.2, 0.25) is 0 Å². The molecular formula is C12H19N9. The molecule has 0 amide bonds. The first-order valence-electron chi connectivity index (χ1n) is 6.99. The predicted molar refractivity (Wildman–Crippen MR) is 77.9 cm³/mol. The summed E-state index contributed by atoms with van der Waals surface area (Å²) in [6, 6.07) is 0. The fraction of sp³-hybridized carbons (Fsp3) is 0.583. The lowest BCUT2D eigenvalue weighted by Crippen LogP contribution is -2.35. The van der Waals surface area contributed by atoms with Gasteiger partial charge in [0.2, 0.25) is 11.9 Å². The van der Waals surface area contributed by atoms with Gasteiger partial charge in [-0.1, -0.05) is 0 Å². The van der Waals surface area contributed by atoms with Crippen LogP contribution in [0.15, 0.2) is 12.7 Å². The summed E-state index contributed by atoms with van der Waals surface area (Å²) in [5.74, 6) is 1.60. The Morgan fingerprint density at radius 3 is 3.05 bits per heavy atom. The van der Waals surface area contributed by atoms with E-state index in [2.05, 4.69) is 42.3 Å². The molecule has 0 spiro atoms. The number of rotatable bonds is 4. The number of likely N-dealkylation sites (tertiary alicyclic amines) is 1. The van der Waals surface area contributed by atoms with Gasteiger partial charge in [0, 0.05) is 13.1 Å². The molecule has 2 aromatic heterocycles. The number of hydrogen-bond acceptors (Lipinski definition) is 8. The third kappa shape index (κ3) is 3.43. The lowest BCUT2D eigenvalue weighted by Gasteiger charge is -2.29. The van der Waals surface area contributed by atoms with Gasteiger partial charge < -0.3 is 16.0 Å². The minimum absolute atomic E-state index is 0.166. The van der Waals surface area contributed by atoms with Crippen molar-refractivity contribution in [1.82, 2.24) is 34.6 Å². The first kappa shape index (κ1) is 13.7. The number of hydrogen-bond donors (Lipinski definition) is 2. The standard InChI is InChI=1S/C12H19N9/c1-20-4-2-3-9(6-20)5-15-11-17-10(13)18-12(19-11)21-8-14-7-16-21/h7-9H,2-6H2,1H3,(H3,13,15,17,18,19). The zero-order chi connectivity index (χ0) is 14.7. The van der Waals surface area contributed by atoms with Gasteiger partial charge >= 0.3 is 0 Å². The Hall–Kier alpha value is -2.29. The van der Waals surface area contributed by atoms with Crippen LogP contribution in [0.1, 0.15) is 12.8 Å². The minimum Gasteiger partial charge on any atom is -0.368 e. The highest BCUT2D eigenvalue weighted by Crippen LogP contribution is 2.15. The third-order valence-corrected chi connectivity index (χ3v) is 3.54. The topological polar surface area (TPSA) is 111 Å². The fourth-order valence-corrected chi connectivity index (χ4v) is 2.55. The third-order valence-electron chi connectivity index (χ3n) is 3.54. The molecule has 1 atom stereocenters. The van der Waals surface area contributed by atoms with Crippen molar-refractivity contribution in [3.05, 3.63) is 12.7 Å². The van der Waals surface area contributed by atoms with Gasteiger partial charge in [-0.15, -0.1) is 0 Å². The lowest BCUT2D eigenvalue weighted by molar-refractivity contribution is 0.217. The molecule has 9 heteroatoms. The predicted octanol–water partition coefficient (Wildman–Crippen LogP) is -0.212. The SMILES string of the molecule is CN1CCCC(CNc2nc(N)nc(-n3cncn3)n2)C1. The molecule has 0 saturated carbocycles. The molecule has 1 fully saturated rings. The van der Waals surface area contributed by atoms with E-state index in [1.54, 1.807) is 0 Å². The number of anilines is 2. The normalized spacial score (nSPS) is 19.6. The van der Waals surface area contributed by atoms with Crippen LogP contribution in [0.25, 0.3) is 5.95 Å². The van der Waals surface area contributed by atoms with Crippen molar-refractivity contribution in [1.29, 1.82) is 0 Å². The zero-order valence-electron chi connectivity index (χ0n) is 12.0. The Labute approximate surface area is 122 Å². The van der Waals surface area contributed by atoms with Crippen molar-refractivity contribution in [2.75, 3.05) is 37.7 Å². The Balaban J connectivity index is 1.68. The van der Waals surface area contributed by atoms with E-state index in [-0.39, 0.29) is 5.95 Å². The highest BCUT2D eigenvalue weighted by Gasteiger charge is 2.17. The van der Waals surface area contributed by atoms with Gasteiger partial charge in [-0.2, -0.15) is 24.7 Å². The molecule has 9 nitrogen and oxygen atoms in total. The zero-order valence-corrected chi connectivity index (χ0v) is 12.0. The van der Waals surface area contributed by atoms with Gasteiger partial charge in [-0.25, -0.2) is 4.98 Å². The summed E-state index contributed by atoms with van der Waals surface area (Å²) in [6.07, 6.45) is 5.39. The summed E-state index contributed by atoms with van der Waals surface area (Å²) in [6.45, 7) is 3.08. The van der Waals surface area contributed by atoms with E-state index in [9.17, 15) is 0 Å². The molecule has 1 saturated heterocycles. The maximum absolute atomic E-state index is 5.72. The van der Waals surface area contributed by atoms with E-state index in [1.165, 1.54) is 36.7 Å². The number of nitrogens with one attached hydrogen (secondary N) is 1. The van der Waals surface area contributed by atoms with Gasteiger partial charge in [0.05, 0.1) is 0 Å². The van der Waals surface area contributed by atoms with E-state index < -0.39 is 0 Å². The van der Waals surface area contributed by atoms with Crippen molar-refractivity contribution in [3.8, 4) is 5.95 Å². The molecule has 112 valence electrons. The Morgan fingerprint density at radius 1 is 1.38 bits per heavy atom. The molecule has 0 aliphatic carbocycles. The second kappa shape index (κ2) is 6.00. The van der Waals surface area contributed by atoms with Crippen LogP contribution in [-0.4, -0.2) is 61.3 Å². The molecule has 0 aromatic carbocycles. The largest absolute Gasteiger partial charge is 0.368 e. The Morgan fingerprint density at radius 2 is 2.29 bits per heavy atom. The minimum atomic E-state index is 0.166. The maximum Gasteiger partial charge on any atom is 0.258 e. The molecule has 21 heavy (non-hydrogen) atoms. The highest BCUT2D eigenvalue weighted by atomic mass is 15.4. The van der Waals surface area contributed by atoms with Gasteiger partial charge in [-0.05, 0) is 32.4 Å². The molecular weight excluding hydrogens is 270 g/mol. The summed E-state index contributed by atoms with van der Waals surface area (Å²) in [5.41, 5.74) is 5.72. The van der Waals surface area contributed by atoms with Crippen molar-refractivity contribution >= 4 is 11.9 Å². The van der Waals surface area contributed by atoms with Crippen LogP contribution in [0.5, 0.6) is 0 Å². The number of nitrogens with zero attached hydrogens (tertiary/aromatic N) is 7. The molecule has 0 radical (unpaired) electrons. The number of aromatic nitrogens is 6. The quantitative estimate of drug-likeness (QED) is 0.795. The average molecular weight is 289 g/mol. The Bertz CT molecular complexity index is 582. The Kier molecular flexibility index (Phi) is 3.91. The second-order valence-electron chi connectivity index (χ2n) is 5.31. The van der Waals surface area contributed by atoms with Gasteiger partial charge in [0.1, 0.15) is 12.7 Å². The molecule has 1 aliphatic rings. The summed E-state index contributed by atoms with van der Waals surface area (Å²) in [4.78, 5) is 18.7. The summed E-state index contributed by atoms with van der Waals surface area (Å²) < 4.78 is 1.46. The van der Waals surface area contributed by atoms with E-state index >= 15 is 0 Å². The molecule has 2 aromatic rings. The molecule has 3 N–H and O–H groups in total. The van der Waals surface area contributed by atoms with E-state index in [1.807, 2.05) is 0 Å². The first-order valence-corrected chi connectivity index (χ1v) is 6.99. The van der Waals surface area contributed by atoms with Crippen molar-refractivity contribution < 1.29 is 0 Å². The second-order valence-corrected chi connectivity index (χ2v) is 5.31. The summed E-state index contributed by atoms with van der Waals surface area (Å²) in [5, 5.41) is 7.24. The smallest absolute Gasteiger partial charge is 0.258 e. The van der Waals surface area contributed by atoms with Gasteiger partial charge in [0.25, 0.3) is 5.95 Å². The first-order chi connectivity index (χ1) is 10.2. The van der Waals surface area contributed by atoms with Crippen molar-refractivity contribution in [2.24, 2.45) is 5.92 Å².